The summed E-state index contributed by atoms with van der Waals surface area (Å²) in [6.07, 6.45) is 1.78. The fourth-order valence-corrected chi connectivity index (χ4v) is 0.577. The number of nitrogens with one attached hydrogen (secondary N) is 1. The van der Waals surface area contributed by atoms with Gasteiger partial charge in [0.2, 0.25) is 5.91 Å². The second-order valence-corrected chi connectivity index (χ2v) is 2.24. The van der Waals surface area contributed by atoms with Crippen LogP contribution in [0, 0.1) is 0 Å². The molecule has 60 valence electrons. The molecule has 0 rings (SSSR count). The van der Waals surface area contributed by atoms with E-state index in [-0.39, 0.29) is 11.9 Å². The molecule has 4 nitrogen and oxygen atoms in total. The van der Waals surface area contributed by atoms with Gasteiger partial charge in [0.05, 0.1) is 0 Å². The van der Waals surface area contributed by atoms with Crippen molar-refractivity contribution in [3.8, 4) is 0 Å². The molecule has 4 heteroatoms. The monoisotopic (exact) mass is 146 g/mol. The standard InChI is InChI=1S/C6H14N2O2/c1-2-5(7)3-4-6(9)8-10/h5,10H,2-4,7H2,1H3,(H,8,9). The van der Waals surface area contributed by atoms with Crippen molar-refractivity contribution in [2.45, 2.75) is 32.2 Å². The topological polar surface area (TPSA) is 75.4 Å². The number of carbonyl (C=O) groups is 1. The third-order valence-corrected chi connectivity index (χ3v) is 1.39. The first-order valence-electron chi connectivity index (χ1n) is 3.39. The highest BCUT2D eigenvalue weighted by atomic mass is 16.5. The lowest BCUT2D eigenvalue weighted by molar-refractivity contribution is -0.129. The lowest BCUT2D eigenvalue weighted by Crippen LogP contribution is -2.24. The minimum Gasteiger partial charge on any atom is -0.328 e. The summed E-state index contributed by atoms with van der Waals surface area (Å²) in [6.45, 7) is 1.96. The van der Waals surface area contributed by atoms with E-state index < -0.39 is 0 Å². The molecule has 0 aromatic heterocycles. The Morgan fingerprint density at radius 3 is 2.80 bits per heavy atom. The average molecular weight is 146 g/mol. The number of hydroxylamine groups is 1. The molecule has 0 aliphatic heterocycles. The maximum absolute atomic E-state index is 10.4. The molecular weight excluding hydrogens is 132 g/mol. The van der Waals surface area contributed by atoms with Gasteiger partial charge in [-0.05, 0) is 12.8 Å². The predicted molar refractivity (Wildman–Crippen MR) is 37.4 cm³/mol. The Labute approximate surface area is 60.4 Å². The summed E-state index contributed by atoms with van der Waals surface area (Å²) in [5.74, 6) is -0.371. The Bertz CT molecular complexity index is 106. The molecule has 0 saturated heterocycles. The first kappa shape index (κ1) is 9.39. The van der Waals surface area contributed by atoms with E-state index >= 15 is 0 Å². The third-order valence-electron chi connectivity index (χ3n) is 1.39. The Balaban J connectivity index is 3.26. The summed E-state index contributed by atoms with van der Waals surface area (Å²) in [5.41, 5.74) is 7.06. The van der Waals surface area contributed by atoms with E-state index in [2.05, 4.69) is 0 Å². The zero-order valence-electron chi connectivity index (χ0n) is 6.13. The van der Waals surface area contributed by atoms with E-state index in [0.29, 0.717) is 12.8 Å². The van der Waals surface area contributed by atoms with Gasteiger partial charge in [0.25, 0.3) is 0 Å². The van der Waals surface area contributed by atoms with Crippen LogP contribution in [0.2, 0.25) is 0 Å². The molecule has 10 heavy (non-hydrogen) atoms. The maximum atomic E-state index is 10.4. The van der Waals surface area contributed by atoms with Gasteiger partial charge in [-0.15, -0.1) is 0 Å². The van der Waals surface area contributed by atoms with Crippen LogP contribution in [0.15, 0.2) is 0 Å². The Morgan fingerprint density at radius 2 is 2.40 bits per heavy atom. The van der Waals surface area contributed by atoms with Gasteiger partial charge in [-0.2, -0.15) is 0 Å². The zero-order valence-corrected chi connectivity index (χ0v) is 6.13. The highest BCUT2D eigenvalue weighted by Gasteiger charge is 2.02. The molecule has 0 aromatic rings. The Hall–Kier alpha value is -0.610. The molecule has 0 bridgehead atoms. The van der Waals surface area contributed by atoms with Crippen molar-refractivity contribution in [1.82, 2.24) is 5.48 Å². The van der Waals surface area contributed by atoms with E-state index in [9.17, 15) is 4.79 Å². The molecule has 0 spiro atoms. The minimum absolute atomic E-state index is 0.0669. The molecule has 0 fully saturated rings. The second-order valence-electron chi connectivity index (χ2n) is 2.24. The lowest BCUT2D eigenvalue weighted by Gasteiger charge is -2.05. The first-order valence-corrected chi connectivity index (χ1v) is 3.39. The maximum Gasteiger partial charge on any atom is 0.243 e. The SMILES string of the molecule is CCC(N)CCC(=O)NO. The highest BCUT2D eigenvalue weighted by Crippen LogP contribution is 1.96. The van der Waals surface area contributed by atoms with Crippen LogP contribution in [0.1, 0.15) is 26.2 Å². The van der Waals surface area contributed by atoms with Gasteiger partial charge in [0.1, 0.15) is 0 Å². The van der Waals surface area contributed by atoms with Crippen LogP contribution in [0.3, 0.4) is 0 Å². The van der Waals surface area contributed by atoms with Crippen molar-refractivity contribution in [1.29, 1.82) is 0 Å². The molecule has 1 unspecified atom stereocenters. The number of hydrogen-bond acceptors (Lipinski definition) is 3. The largest absolute Gasteiger partial charge is 0.328 e. The summed E-state index contributed by atoms with van der Waals surface area (Å²) in [7, 11) is 0. The quantitative estimate of drug-likeness (QED) is 0.386. The molecule has 0 aromatic carbocycles. The number of rotatable bonds is 4. The molecule has 1 amide bonds. The van der Waals surface area contributed by atoms with Crippen molar-refractivity contribution in [2.24, 2.45) is 5.73 Å². The van der Waals surface area contributed by atoms with Crippen molar-refractivity contribution < 1.29 is 10.0 Å². The van der Waals surface area contributed by atoms with Crippen molar-refractivity contribution >= 4 is 5.91 Å². The minimum atomic E-state index is -0.371. The fourth-order valence-electron chi connectivity index (χ4n) is 0.577. The van der Waals surface area contributed by atoms with Crippen LogP contribution in [0.4, 0.5) is 0 Å². The summed E-state index contributed by atoms with van der Waals surface area (Å²) in [5, 5.41) is 8.08. The van der Waals surface area contributed by atoms with E-state index in [1.807, 2.05) is 6.92 Å². The lowest BCUT2D eigenvalue weighted by atomic mass is 10.1. The fraction of sp³-hybridized carbons (Fsp3) is 0.833. The number of hydrogen-bond donors (Lipinski definition) is 3. The average Bonchev–Trinajstić information content (AvgIpc) is 1.99. The van der Waals surface area contributed by atoms with Gasteiger partial charge in [-0.3, -0.25) is 10.0 Å². The molecule has 1 atom stereocenters. The summed E-state index contributed by atoms with van der Waals surface area (Å²) in [4.78, 5) is 10.4. The van der Waals surface area contributed by atoms with E-state index in [4.69, 9.17) is 10.9 Å². The van der Waals surface area contributed by atoms with E-state index in [1.54, 1.807) is 5.48 Å². The van der Waals surface area contributed by atoms with E-state index in [0.717, 1.165) is 6.42 Å². The van der Waals surface area contributed by atoms with Gasteiger partial charge in [-0.25, -0.2) is 5.48 Å². The second kappa shape index (κ2) is 5.20. The van der Waals surface area contributed by atoms with Crippen LogP contribution in [-0.4, -0.2) is 17.2 Å². The molecule has 0 heterocycles. The molecule has 0 aliphatic carbocycles. The molecule has 0 aliphatic rings. The van der Waals surface area contributed by atoms with Crippen LogP contribution in [0.25, 0.3) is 0 Å². The third kappa shape index (κ3) is 4.29. The van der Waals surface area contributed by atoms with Crippen molar-refractivity contribution in [3.63, 3.8) is 0 Å². The first-order chi connectivity index (χ1) is 4.70. The van der Waals surface area contributed by atoms with Gasteiger partial charge >= 0.3 is 0 Å². The molecule has 0 saturated carbocycles. The number of carbonyl (C=O) groups excluding carboxylic acids is 1. The van der Waals surface area contributed by atoms with Crippen LogP contribution in [-0.2, 0) is 4.79 Å². The highest BCUT2D eigenvalue weighted by molar-refractivity contribution is 5.74. The normalized spacial score (nSPS) is 12.7. The van der Waals surface area contributed by atoms with Crippen molar-refractivity contribution in [3.05, 3.63) is 0 Å². The molecule has 4 N–H and O–H groups in total. The van der Waals surface area contributed by atoms with Gasteiger partial charge in [0.15, 0.2) is 0 Å². The van der Waals surface area contributed by atoms with Gasteiger partial charge in [-0.1, -0.05) is 6.92 Å². The number of nitrogens with two attached hydrogens (primary N) is 1. The zero-order chi connectivity index (χ0) is 7.98. The molecular formula is C6H14N2O2. The van der Waals surface area contributed by atoms with E-state index in [1.165, 1.54) is 0 Å². The molecule has 0 radical (unpaired) electrons. The summed E-state index contributed by atoms with van der Waals surface area (Å²) >= 11 is 0. The van der Waals surface area contributed by atoms with Crippen LogP contribution < -0.4 is 11.2 Å². The van der Waals surface area contributed by atoms with Crippen LogP contribution in [0.5, 0.6) is 0 Å². The smallest absolute Gasteiger partial charge is 0.243 e. The Morgan fingerprint density at radius 1 is 1.80 bits per heavy atom. The predicted octanol–water partition coefficient (Wildman–Crippen LogP) is 0.00930. The van der Waals surface area contributed by atoms with Gasteiger partial charge < -0.3 is 5.73 Å². The summed E-state index contributed by atoms with van der Waals surface area (Å²) < 4.78 is 0. The number of amides is 1. The van der Waals surface area contributed by atoms with Crippen molar-refractivity contribution in [2.75, 3.05) is 0 Å². The van der Waals surface area contributed by atoms with Gasteiger partial charge in [0, 0.05) is 12.5 Å². The summed E-state index contributed by atoms with van der Waals surface area (Å²) in [6, 6.07) is 0.0669. The Kier molecular flexibility index (Phi) is 4.88. The van der Waals surface area contributed by atoms with Crippen LogP contribution >= 0.6 is 0 Å².